The summed E-state index contributed by atoms with van der Waals surface area (Å²) >= 11 is 0. The lowest BCUT2D eigenvalue weighted by molar-refractivity contribution is 0.158. The maximum atomic E-state index is 5.75. The molecule has 3 rings (SSSR count). The molecule has 0 spiro atoms. The fourth-order valence-electron chi connectivity index (χ4n) is 3.22. The van der Waals surface area contributed by atoms with Crippen molar-refractivity contribution in [3.63, 3.8) is 0 Å². The van der Waals surface area contributed by atoms with Crippen LogP contribution in [0.15, 0.2) is 18.2 Å². The van der Waals surface area contributed by atoms with Crippen LogP contribution >= 0.6 is 24.8 Å². The summed E-state index contributed by atoms with van der Waals surface area (Å²) < 4.78 is 11.4. The van der Waals surface area contributed by atoms with Crippen LogP contribution in [0.2, 0.25) is 0 Å². The number of hydrogen-bond acceptors (Lipinski definition) is 4. The van der Waals surface area contributed by atoms with Crippen LogP contribution in [-0.4, -0.2) is 44.3 Å². The molecule has 6 heteroatoms. The highest BCUT2D eigenvalue weighted by molar-refractivity contribution is 5.85. The van der Waals surface area contributed by atoms with Crippen LogP contribution in [0, 0.1) is 0 Å². The Morgan fingerprint density at radius 1 is 1.09 bits per heavy atom. The molecule has 23 heavy (non-hydrogen) atoms. The summed E-state index contributed by atoms with van der Waals surface area (Å²) in [6.45, 7) is 8.01. The molecule has 4 nitrogen and oxygen atoms in total. The molecule has 0 radical (unpaired) electrons. The maximum absolute atomic E-state index is 5.75. The highest BCUT2D eigenvalue weighted by Gasteiger charge is 2.23. The number of fused-ring (bicyclic) bond motifs is 1. The van der Waals surface area contributed by atoms with E-state index in [0.29, 0.717) is 19.3 Å². The highest BCUT2D eigenvalue weighted by atomic mass is 35.5. The van der Waals surface area contributed by atoms with Crippen LogP contribution in [0.5, 0.6) is 11.5 Å². The number of rotatable bonds is 5. The number of nitrogens with one attached hydrogen (secondary N) is 1. The monoisotopic (exact) mass is 362 g/mol. The molecule has 0 saturated carbocycles. The number of piperazine rings is 1. The summed E-state index contributed by atoms with van der Waals surface area (Å²) in [6.07, 6.45) is 3.73. The second kappa shape index (κ2) is 10.2. The normalized spacial score (nSPS) is 18.5. The molecule has 0 unspecified atom stereocenters. The third-order valence-electron chi connectivity index (χ3n) is 4.37. The van der Waals surface area contributed by atoms with Crippen molar-refractivity contribution in [2.45, 2.75) is 32.2 Å². The van der Waals surface area contributed by atoms with Crippen molar-refractivity contribution in [1.29, 1.82) is 0 Å². The molecule has 0 amide bonds. The summed E-state index contributed by atoms with van der Waals surface area (Å²) in [5.74, 6) is 1.80. The Morgan fingerprint density at radius 3 is 2.48 bits per heavy atom. The van der Waals surface area contributed by atoms with Crippen LogP contribution in [0.3, 0.4) is 0 Å². The molecule has 2 aliphatic rings. The Morgan fingerprint density at radius 2 is 1.78 bits per heavy atom. The Labute approximate surface area is 151 Å². The fourth-order valence-corrected chi connectivity index (χ4v) is 3.22. The molecule has 1 aromatic rings. The van der Waals surface area contributed by atoms with Crippen LogP contribution in [0.25, 0.3) is 0 Å². The zero-order valence-corrected chi connectivity index (χ0v) is 15.4. The molecule has 2 aliphatic heterocycles. The van der Waals surface area contributed by atoms with Crippen molar-refractivity contribution >= 4 is 24.8 Å². The summed E-state index contributed by atoms with van der Waals surface area (Å²) in [5, 5.41) is 3.44. The average molecular weight is 363 g/mol. The van der Waals surface area contributed by atoms with Crippen molar-refractivity contribution in [1.82, 2.24) is 10.2 Å². The number of nitrogens with zero attached hydrogens (tertiary/aromatic N) is 1. The van der Waals surface area contributed by atoms with Gasteiger partial charge in [-0.25, -0.2) is 0 Å². The third-order valence-corrected chi connectivity index (χ3v) is 4.37. The number of halogens is 2. The van der Waals surface area contributed by atoms with Gasteiger partial charge in [0.25, 0.3) is 0 Å². The predicted octanol–water partition coefficient (Wildman–Crippen LogP) is 3.44. The van der Waals surface area contributed by atoms with Gasteiger partial charge in [-0.05, 0) is 24.1 Å². The van der Waals surface area contributed by atoms with Crippen LogP contribution in [0.1, 0.15) is 37.8 Å². The third kappa shape index (κ3) is 5.15. The van der Waals surface area contributed by atoms with E-state index in [2.05, 4.69) is 35.3 Å². The zero-order valence-electron chi connectivity index (χ0n) is 13.8. The minimum Gasteiger partial charge on any atom is -0.486 e. The van der Waals surface area contributed by atoms with E-state index < -0.39 is 0 Å². The van der Waals surface area contributed by atoms with E-state index in [1.165, 1.54) is 24.8 Å². The first-order chi connectivity index (χ1) is 10.4. The standard InChI is InChI=1S/C17H26N2O2.2ClH/c1-2-3-4-15(19-9-7-18-8-10-19)14-5-6-16-17(13-14)21-12-11-20-16;;/h5-6,13,15,18H,2-4,7-12H2,1H3;2*1H/t15-;;/m1../s1. The Balaban J connectivity index is 0.00000132. The first kappa shape index (κ1) is 20.4. The minimum absolute atomic E-state index is 0. The van der Waals surface area contributed by atoms with Crippen molar-refractivity contribution in [2.24, 2.45) is 0 Å². The van der Waals surface area contributed by atoms with Crippen molar-refractivity contribution < 1.29 is 9.47 Å². The van der Waals surface area contributed by atoms with Crippen LogP contribution in [-0.2, 0) is 0 Å². The molecule has 1 N–H and O–H groups in total. The van der Waals surface area contributed by atoms with E-state index >= 15 is 0 Å². The molecule has 1 atom stereocenters. The Kier molecular flexibility index (Phi) is 9.07. The van der Waals surface area contributed by atoms with Gasteiger partial charge in [0.05, 0.1) is 0 Å². The van der Waals surface area contributed by atoms with Gasteiger partial charge < -0.3 is 14.8 Å². The first-order valence-corrected chi connectivity index (χ1v) is 8.23. The highest BCUT2D eigenvalue weighted by Crippen LogP contribution is 2.35. The van der Waals surface area contributed by atoms with Gasteiger partial charge in [0.2, 0.25) is 0 Å². The Hall–Kier alpha value is -0.680. The zero-order chi connectivity index (χ0) is 14.5. The van der Waals surface area contributed by atoms with Crippen LogP contribution < -0.4 is 14.8 Å². The summed E-state index contributed by atoms with van der Waals surface area (Å²) in [5.41, 5.74) is 1.37. The molecule has 1 fully saturated rings. The van der Waals surface area contributed by atoms with Gasteiger partial charge in [-0.15, -0.1) is 24.8 Å². The molecule has 132 valence electrons. The van der Waals surface area contributed by atoms with Gasteiger partial charge in [0.1, 0.15) is 13.2 Å². The smallest absolute Gasteiger partial charge is 0.161 e. The Bertz CT molecular complexity index is 468. The molecule has 0 aliphatic carbocycles. The van der Waals surface area contributed by atoms with Gasteiger partial charge in [-0.3, -0.25) is 4.90 Å². The largest absolute Gasteiger partial charge is 0.486 e. The summed E-state index contributed by atoms with van der Waals surface area (Å²) in [4.78, 5) is 2.61. The van der Waals surface area contributed by atoms with Gasteiger partial charge in [-0.2, -0.15) is 0 Å². The van der Waals surface area contributed by atoms with Crippen molar-refractivity contribution in [3.05, 3.63) is 23.8 Å². The molecule has 0 bridgehead atoms. The van der Waals surface area contributed by atoms with E-state index in [0.717, 1.165) is 37.7 Å². The van der Waals surface area contributed by atoms with Crippen LogP contribution in [0.4, 0.5) is 0 Å². The summed E-state index contributed by atoms with van der Waals surface area (Å²) in [6, 6.07) is 6.99. The molecule has 2 heterocycles. The SMILES string of the molecule is CCCC[C@H](c1ccc2c(c1)OCCO2)N1CCNCC1.Cl.Cl. The lowest BCUT2D eigenvalue weighted by Gasteiger charge is -2.35. The van der Waals surface area contributed by atoms with E-state index in [4.69, 9.17) is 9.47 Å². The molecule has 1 saturated heterocycles. The van der Waals surface area contributed by atoms with E-state index in [1.54, 1.807) is 0 Å². The lowest BCUT2D eigenvalue weighted by Crippen LogP contribution is -2.45. The molecule has 1 aromatic carbocycles. The minimum atomic E-state index is 0. The quantitative estimate of drug-likeness (QED) is 0.869. The van der Waals surface area contributed by atoms with Crippen molar-refractivity contribution in [2.75, 3.05) is 39.4 Å². The second-order valence-electron chi connectivity index (χ2n) is 5.85. The second-order valence-corrected chi connectivity index (χ2v) is 5.85. The average Bonchev–Trinajstić information content (AvgIpc) is 2.56. The molecular weight excluding hydrogens is 335 g/mol. The fraction of sp³-hybridized carbons (Fsp3) is 0.647. The molecular formula is C17H28Cl2N2O2. The lowest BCUT2D eigenvalue weighted by atomic mass is 9.98. The first-order valence-electron chi connectivity index (χ1n) is 8.23. The topological polar surface area (TPSA) is 33.7 Å². The number of unbranched alkanes of at least 4 members (excludes halogenated alkanes) is 1. The van der Waals surface area contributed by atoms with Crippen molar-refractivity contribution in [3.8, 4) is 11.5 Å². The predicted molar refractivity (Wildman–Crippen MR) is 98.6 cm³/mol. The van der Waals surface area contributed by atoms with E-state index in [-0.39, 0.29) is 24.8 Å². The van der Waals surface area contributed by atoms with Gasteiger partial charge in [0.15, 0.2) is 11.5 Å². The van der Waals surface area contributed by atoms with Gasteiger partial charge in [0, 0.05) is 32.2 Å². The van der Waals surface area contributed by atoms with E-state index in [1.807, 2.05) is 0 Å². The van der Waals surface area contributed by atoms with Gasteiger partial charge >= 0.3 is 0 Å². The number of benzene rings is 1. The number of ether oxygens (including phenoxy) is 2. The summed E-state index contributed by atoms with van der Waals surface area (Å²) in [7, 11) is 0. The molecule has 0 aromatic heterocycles. The van der Waals surface area contributed by atoms with E-state index in [9.17, 15) is 0 Å². The maximum Gasteiger partial charge on any atom is 0.161 e. The number of hydrogen-bond donors (Lipinski definition) is 1. The van der Waals surface area contributed by atoms with Gasteiger partial charge in [-0.1, -0.05) is 25.8 Å².